The number of nitro groups is 1. The molecule has 0 aliphatic carbocycles. The number of rotatable bonds is 7. The number of nitrogens with one attached hydrogen (secondary N) is 2. The van der Waals surface area contributed by atoms with Crippen LogP contribution in [-0.2, 0) is 0 Å². The van der Waals surface area contributed by atoms with E-state index in [0.717, 1.165) is 24.8 Å². The van der Waals surface area contributed by atoms with Crippen molar-refractivity contribution < 1.29 is 14.1 Å². The number of nitrogens with zero attached hydrogens (tertiary/aromatic N) is 2. The van der Waals surface area contributed by atoms with Gasteiger partial charge < -0.3 is 4.90 Å². The summed E-state index contributed by atoms with van der Waals surface area (Å²) in [5.74, 6) is -0.392. The van der Waals surface area contributed by atoms with E-state index in [0.29, 0.717) is 17.7 Å². The molecule has 2 atom stereocenters. The molecular weight excluding hydrogens is 375 g/mol. The molecule has 29 heavy (non-hydrogen) atoms. The maximum absolute atomic E-state index is 13.1. The number of benzene rings is 2. The number of halogens is 1. The summed E-state index contributed by atoms with van der Waals surface area (Å²) in [6, 6.07) is 11.4. The Balaban J connectivity index is 1.47. The minimum absolute atomic E-state index is 0.0136. The Kier molecular flexibility index (Phi) is 6.56. The van der Waals surface area contributed by atoms with Crippen molar-refractivity contribution in [2.75, 3.05) is 13.6 Å². The number of nitro benzene ring substituents is 1. The molecule has 8 heteroatoms. The highest BCUT2D eigenvalue weighted by Crippen LogP contribution is 2.24. The first-order valence-electron chi connectivity index (χ1n) is 9.62. The lowest BCUT2D eigenvalue weighted by Gasteiger charge is -2.18. The SMILES string of the molecule is Cc1cc(C(=O)N(C)CCCC2CC(c3ccc(F)cc3)NN2)ccc1[N+](=O)[O-]. The average molecular weight is 400 g/mol. The molecule has 1 aliphatic heterocycles. The molecule has 1 amide bonds. The van der Waals surface area contributed by atoms with E-state index in [9.17, 15) is 19.3 Å². The van der Waals surface area contributed by atoms with Crippen molar-refractivity contribution in [3.05, 3.63) is 75.1 Å². The molecule has 0 bridgehead atoms. The van der Waals surface area contributed by atoms with Crippen molar-refractivity contribution in [3.63, 3.8) is 0 Å². The zero-order valence-electron chi connectivity index (χ0n) is 16.5. The zero-order valence-corrected chi connectivity index (χ0v) is 16.5. The first-order valence-corrected chi connectivity index (χ1v) is 9.62. The van der Waals surface area contributed by atoms with Crippen LogP contribution in [0.2, 0.25) is 0 Å². The van der Waals surface area contributed by atoms with Crippen LogP contribution in [0.25, 0.3) is 0 Å². The van der Waals surface area contributed by atoms with Crippen molar-refractivity contribution in [3.8, 4) is 0 Å². The third-order valence-electron chi connectivity index (χ3n) is 5.29. The largest absolute Gasteiger partial charge is 0.342 e. The van der Waals surface area contributed by atoms with Gasteiger partial charge in [-0.1, -0.05) is 12.1 Å². The summed E-state index contributed by atoms with van der Waals surface area (Å²) in [5.41, 5.74) is 8.49. The van der Waals surface area contributed by atoms with Crippen LogP contribution in [-0.4, -0.2) is 35.4 Å². The van der Waals surface area contributed by atoms with E-state index in [2.05, 4.69) is 10.9 Å². The fourth-order valence-corrected chi connectivity index (χ4v) is 3.62. The van der Waals surface area contributed by atoms with Gasteiger partial charge in [0.1, 0.15) is 5.82 Å². The topological polar surface area (TPSA) is 87.5 Å². The van der Waals surface area contributed by atoms with Crippen LogP contribution in [0.3, 0.4) is 0 Å². The van der Waals surface area contributed by atoms with Crippen LogP contribution in [0.1, 0.15) is 46.8 Å². The Labute approximate surface area is 169 Å². The summed E-state index contributed by atoms with van der Waals surface area (Å²) in [4.78, 5) is 24.7. The Bertz CT molecular complexity index is 888. The molecule has 2 aromatic carbocycles. The zero-order chi connectivity index (χ0) is 21.0. The molecule has 0 radical (unpaired) electrons. The Morgan fingerprint density at radius 2 is 1.97 bits per heavy atom. The summed E-state index contributed by atoms with van der Waals surface area (Å²) in [7, 11) is 1.74. The summed E-state index contributed by atoms with van der Waals surface area (Å²) in [6.07, 6.45) is 2.61. The molecule has 1 aliphatic rings. The minimum atomic E-state index is -0.449. The van der Waals surface area contributed by atoms with Gasteiger partial charge in [-0.05, 0) is 56.0 Å². The quantitative estimate of drug-likeness (QED) is 0.549. The van der Waals surface area contributed by atoms with Crippen molar-refractivity contribution >= 4 is 11.6 Å². The first kappa shape index (κ1) is 20.9. The highest BCUT2D eigenvalue weighted by molar-refractivity contribution is 5.94. The third-order valence-corrected chi connectivity index (χ3v) is 5.29. The average Bonchev–Trinajstić information content (AvgIpc) is 3.16. The van der Waals surface area contributed by atoms with Crippen LogP contribution in [0.5, 0.6) is 0 Å². The molecule has 0 saturated carbocycles. The molecule has 2 aromatic rings. The fraction of sp³-hybridized carbons (Fsp3) is 0.381. The molecule has 3 rings (SSSR count). The summed E-state index contributed by atoms with van der Waals surface area (Å²) >= 11 is 0. The van der Waals surface area contributed by atoms with Crippen molar-refractivity contribution in [1.82, 2.24) is 15.8 Å². The maximum atomic E-state index is 13.1. The summed E-state index contributed by atoms with van der Waals surface area (Å²) in [6.45, 7) is 2.22. The lowest BCUT2D eigenvalue weighted by Crippen LogP contribution is -2.32. The normalized spacial score (nSPS) is 18.6. The molecule has 1 heterocycles. The van der Waals surface area contributed by atoms with E-state index >= 15 is 0 Å². The van der Waals surface area contributed by atoms with Crippen LogP contribution in [0.15, 0.2) is 42.5 Å². The number of hydrogen-bond donors (Lipinski definition) is 2. The molecular formula is C21H25FN4O3. The van der Waals surface area contributed by atoms with E-state index in [4.69, 9.17) is 0 Å². The number of aryl methyl sites for hydroxylation is 1. The maximum Gasteiger partial charge on any atom is 0.272 e. The molecule has 154 valence electrons. The highest BCUT2D eigenvalue weighted by Gasteiger charge is 2.25. The second-order valence-corrected chi connectivity index (χ2v) is 7.45. The van der Waals surface area contributed by atoms with Crippen molar-refractivity contribution in [2.45, 2.75) is 38.3 Å². The predicted octanol–water partition coefficient (Wildman–Crippen LogP) is 3.50. The van der Waals surface area contributed by atoms with Gasteiger partial charge in [0.2, 0.25) is 0 Å². The van der Waals surface area contributed by atoms with Crippen LogP contribution < -0.4 is 10.9 Å². The van der Waals surface area contributed by atoms with E-state index in [1.807, 2.05) is 0 Å². The monoisotopic (exact) mass is 400 g/mol. The van der Waals surface area contributed by atoms with Crippen LogP contribution in [0.4, 0.5) is 10.1 Å². The highest BCUT2D eigenvalue weighted by atomic mass is 19.1. The van der Waals surface area contributed by atoms with Gasteiger partial charge in [-0.2, -0.15) is 0 Å². The molecule has 0 aromatic heterocycles. The van der Waals surface area contributed by atoms with Gasteiger partial charge in [-0.3, -0.25) is 25.8 Å². The third kappa shape index (κ3) is 5.16. The van der Waals surface area contributed by atoms with Gasteiger partial charge in [0.15, 0.2) is 0 Å². The lowest BCUT2D eigenvalue weighted by atomic mass is 9.99. The Morgan fingerprint density at radius 3 is 2.62 bits per heavy atom. The molecule has 1 fully saturated rings. The summed E-state index contributed by atoms with van der Waals surface area (Å²) in [5, 5.41) is 10.9. The second kappa shape index (κ2) is 9.11. The van der Waals surface area contributed by atoms with Crippen molar-refractivity contribution in [1.29, 1.82) is 0 Å². The van der Waals surface area contributed by atoms with Gasteiger partial charge in [-0.25, -0.2) is 4.39 Å². The van der Waals surface area contributed by atoms with E-state index in [1.54, 1.807) is 37.1 Å². The lowest BCUT2D eigenvalue weighted by molar-refractivity contribution is -0.385. The number of hydrazine groups is 1. The second-order valence-electron chi connectivity index (χ2n) is 7.45. The first-order chi connectivity index (χ1) is 13.8. The minimum Gasteiger partial charge on any atom is -0.342 e. The molecule has 7 nitrogen and oxygen atoms in total. The van der Waals surface area contributed by atoms with E-state index in [1.165, 1.54) is 24.3 Å². The van der Waals surface area contributed by atoms with Gasteiger partial charge in [0, 0.05) is 42.9 Å². The van der Waals surface area contributed by atoms with E-state index < -0.39 is 4.92 Å². The Hall–Kier alpha value is -2.84. The number of amides is 1. The smallest absolute Gasteiger partial charge is 0.272 e. The Morgan fingerprint density at radius 1 is 1.24 bits per heavy atom. The van der Waals surface area contributed by atoms with Gasteiger partial charge in [-0.15, -0.1) is 0 Å². The van der Waals surface area contributed by atoms with Crippen molar-refractivity contribution in [2.24, 2.45) is 0 Å². The summed E-state index contributed by atoms with van der Waals surface area (Å²) < 4.78 is 13.1. The molecule has 1 saturated heterocycles. The fourth-order valence-electron chi connectivity index (χ4n) is 3.62. The van der Waals surface area contributed by atoms with E-state index in [-0.39, 0.29) is 29.5 Å². The van der Waals surface area contributed by atoms with Gasteiger partial charge in [0.05, 0.1) is 4.92 Å². The number of hydrogen-bond acceptors (Lipinski definition) is 5. The number of carbonyl (C=O) groups is 1. The van der Waals surface area contributed by atoms with Crippen LogP contribution >= 0.6 is 0 Å². The van der Waals surface area contributed by atoms with Crippen LogP contribution in [0, 0.1) is 22.9 Å². The standard InChI is InChI=1S/C21H25FN4O3/c1-14-12-16(7-10-20(14)26(28)29)21(27)25(2)11-3-4-18-13-19(24-23-18)15-5-8-17(22)9-6-15/h5-10,12,18-19,23-24H,3-4,11,13H2,1-2H3. The predicted molar refractivity (Wildman–Crippen MR) is 108 cm³/mol. The van der Waals surface area contributed by atoms with Gasteiger partial charge >= 0.3 is 0 Å². The number of carbonyl (C=O) groups excluding carboxylic acids is 1. The molecule has 2 unspecified atom stereocenters. The molecule has 2 N–H and O–H groups in total. The molecule has 0 spiro atoms. The van der Waals surface area contributed by atoms with Gasteiger partial charge in [0.25, 0.3) is 11.6 Å².